The minimum Gasteiger partial charge on any atom is -0.508 e. The summed E-state index contributed by atoms with van der Waals surface area (Å²) in [5, 5.41) is 43.5. The Morgan fingerprint density at radius 3 is 1.86 bits per heavy atom. The number of guanidine groups is 1. The predicted octanol–water partition coefficient (Wildman–Crippen LogP) is -3.55. The van der Waals surface area contributed by atoms with Crippen molar-refractivity contribution in [3.8, 4) is 5.75 Å². The van der Waals surface area contributed by atoms with Gasteiger partial charge in [0.15, 0.2) is 5.96 Å². The van der Waals surface area contributed by atoms with Crippen LogP contribution in [0.4, 0.5) is 0 Å². The Balaban J connectivity index is 2.31. The second-order valence-corrected chi connectivity index (χ2v) is 13.8. The molecule has 16 N–H and O–H groups in total. The first-order valence-corrected chi connectivity index (χ1v) is 18.6. The number of aromatic amines is 1. The molecule has 0 aliphatic heterocycles. The quantitative estimate of drug-likeness (QED) is 0.0262. The number of phenolic OH excluding ortho intramolecular Hbond substituents is 1. The number of hydrogen-bond acceptors (Lipinski definition) is 12. The summed E-state index contributed by atoms with van der Waals surface area (Å²) in [6, 6.07) is -2.51. The van der Waals surface area contributed by atoms with Crippen LogP contribution >= 0.6 is 0 Å². The highest BCUT2D eigenvalue weighted by Crippen LogP contribution is 2.13. The third-order valence-electron chi connectivity index (χ3n) is 8.67. The Bertz CT molecular complexity index is 1780. The first-order chi connectivity index (χ1) is 27.8. The largest absolute Gasteiger partial charge is 0.508 e. The Kier molecular flexibility index (Phi) is 19.8. The van der Waals surface area contributed by atoms with Crippen LogP contribution in [0.5, 0.6) is 5.75 Å². The fraction of sp³-hybridized carbons (Fsp3) is 0.500. The van der Waals surface area contributed by atoms with Gasteiger partial charge in [-0.2, -0.15) is 0 Å². The highest BCUT2D eigenvalue weighted by atomic mass is 16.4. The van der Waals surface area contributed by atoms with Crippen molar-refractivity contribution in [2.24, 2.45) is 28.1 Å². The highest BCUT2D eigenvalue weighted by Gasteiger charge is 2.33. The molecule has 23 heteroatoms. The summed E-state index contributed by atoms with van der Waals surface area (Å²) in [6.07, 6.45) is 1.61. The number of nitrogens with one attached hydrogen (secondary N) is 7. The smallest absolute Gasteiger partial charge is 0.326 e. The van der Waals surface area contributed by atoms with Crippen molar-refractivity contribution in [1.29, 1.82) is 0 Å². The fourth-order valence-electron chi connectivity index (χ4n) is 5.45. The van der Waals surface area contributed by atoms with E-state index in [-0.39, 0.29) is 43.9 Å². The number of carbonyl (C=O) groups is 8. The molecule has 0 saturated carbocycles. The molecule has 0 spiro atoms. The summed E-state index contributed by atoms with van der Waals surface area (Å²) in [7, 11) is 0. The minimum absolute atomic E-state index is 0.0480. The Morgan fingerprint density at radius 2 is 1.31 bits per heavy atom. The van der Waals surface area contributed by atoms with Gasteiger partial charge < -0.3 is 69.4 Å². The van der Waals surface area contributed by atoms with Crippen molar-refractivity contribution >= 4 is 53.3 Å². The third kappa shape index (κ3) is 17.5. The van der Waals surface area contributed by atoms with E-state index in [1.807, 2.05) is 0 Å². The Labute approximate surface area is 339 Å². The van der Waals surface area contributed by atoms with Crippen LogP contribution in [-0.2, 0) is 51.2 Å². The second kappa shape index (κ2) is 24.1. The van der Waals surface area contributed by atoms with Gasteiger partial charge in [0.1, 0.15) is 42.0 Å². The average molecular weight is 831 g/mol. The summed E-state index contributed by atoms with van der Waals surface area (Å²) >= 11 is 0. The number of imidazole rings is 1. The van der Waals surface area contributed by atoms with Gasteiger partial charge in [-0.1, -0.05) is 26.0 Å². The predicted molar refractivity (Wildman–Crippen MR) is 210 cm³/mol. The summed E-state index contributed by atoms with van der Waals surface area (Å²) in [5.41, 5.74) is 17.1. The normalized spacial score (nSPS) is 13.9. The molecule has 0 unspecified atom stereocenters. The number of aromatic nitrogens is 2. The Morgan fingerprint density at radius 1 is 0.746 bits per heavy atom. The van der Waals surface area contributed by atoms with Crippen LogP contribution in [0.15, 0.2) is 41.8 Å². The molecule has 6 amide bonds. The first-order valence-electron chi connectivity index (χ1n) is 18.6. The van der Waals surface area contributed by atoms with Gasteiger partial charge in [0.2, 0.25) is 35.4 Å². The molecule has 2 aromatic rings. The number of H-pyrrole nitrogens is 1. The summed E-state index contributed by atoms with van der Waals surface area (Å²) in [4.78, 5) is 114. The van der Waals surface area contributed by atoms with E-state index in [1.54, 1.807) is 13.8 Å². The summed E-state index contributed by atoms with van der Waals surface area (Å²) < 4.78 is 0. The number of rotatable bonds is 25. The molecule has 0 aliphatic carbocycles. The van der Waals surface area contributed by atoms with Crippen molar-refractivity contribution < 1.29 is 53.7 Å². The molecule has 0 saturated heterocycles. The summed E-state index contributed by atoms with van der Waals surface area (Å²) in [6.45, 7) is 4.01. The molecule has 0 bridgehead atoms. The molecule has 23 nitrogen and oxygen atoms in total. The SMILES string of the molecule is CC(C)[C@H](NC(=O)[C@H](CCCN=C(N)N)NC(=O)[C@H](CCC(=O)O)NC(=O)[C@H](C)NC(=O)[C@H](Cc1ccc(O)cc1)NC(=O)[C@H](Cc1cnc[nH]1)NC(=O)CN)C(=O)O. The number of phenols is 1. The van der Waals surface area contributed by atoms with Gasteiger partial charge in [-0.05, 0) is 49.8 Å². The fourth-order valence-corrected chi connectivity index (χ4v) is 5.45. The number of hydrogen-bond donors (Lipinski definition) is 13. The van der Waals surface area contributed by atoms with E-state index in [2.05, 4.69) is 46.9 Å². The standard InChI is InChI=1S/C36H54N12O11/c1-18(2)29(35(58)59)48-32(55)23(5-4-12-41-36(38)39)46-31(54)24(10-11-28(51)52)45-30(53)19(3)43-33(56)25(13-20-6-8-22(49)9-7-20)47-34(57)26(44-27(50)15-37)14-21-16-40-17-42-21/h6-9,16-19,23-26,29,49H,4-5,10-15,37H2,1-3H3,(H,40,42)(H,43,56)(H,44,50)(H,45,53)(H,46,54)(H,47,57)(H,48,55)(H,51,52)(H,58,59)(H4,38,39,41)/t19-,23-,24-,25-,26-,29-/m0/s1. The van der Waals surface area contributed by atoms with Crippen LogP contribution in [-0.4, -0.2) is 128 Å². The van der Waals surface area contributed by atoms with Gasteiger partial charge >= 0.3 is 11.9 Å². The van der Waals surface area contributed by atoms with Crippen molar-refractivity contribution in [2.45, 2.75) is 95.5 Å². The van der Waals surface area contributed by atoms with Crippen molar-refractivity contribution in [3.63, 3.8) is 0 Å². The maximum atomic E-state index is 13.7. The molecule has 0 radical (unpaired) electrons. The van der Waals surface area contributed by atoms with Gasteiger partial charge in [0.05, 0.1) is 12.9 Å². The maximum absolute atomic E-state index is 13.7. The number of aliphatic imine (C=N–C) groups is 1. The molecule has 1 aromatic carbocycles. The van der Waals surface area contributed by atoms with E-state index in [1.165, 1.54) is 43.7 Å². The van der Waals surface area contributed by atoms with Crippen LogP contribution in [0, 0.1) is 5.92 Å². The van der Waals surface area contributed by atoms with Crippen LogP contribution in [0.25, 0.3) is 0 Å². The highest BCUT2D eigenvalue weighted by molar-refractivity contribution is 5.97. The lowest BCUT2D eigenvalue weighted by molar-refractivity contribution is -0.143. The zero-order chi connectivity index (χ0) is 44.2. The number of nitrogens with two attached hydrogens (primary N) is 3. The van der Waals surface area contributed by atoms with E-state index in [9.17, 15) is 53.7 Å². The lowest BCUT2D eigenvalue weighted by Crippen LogP contribution is -2.59. The number of carbonyl (C=O) groups excluding carboxylic acids is 6. The van der Waals surface area contributed by atoms with Crippen molar-refractivity contribution in [3.05, 3.63) is 48.0 Å². The van der Waals surface area contributed by atoms with Gasteiger partial charge in [-0.25, -0.2) is 9.78 Å². The number of amides is 6. The van der Waals surface area contributed by atoms with Crippen LogP contribution in [0.1, 0.15) is 57.7 Å². The third-order valence-corrected chi connectivity index (χ3v) is 8.67. The zero-order valence-corrected chi connectivity index (χ0v) is 32.9. The average Bonchev–Trinajstić information content (AvgIpc) is 3.69. The molecule has 1 heterocycles. The molecule has 1 aromatic heterocycles. The number of aromatic hydroxyl groups is 1. The number of carboxylic acids is 2. The van der Waals surface area contributed by atoms with Gasteiger partial charge in [0, 0.05) is 37.7 Å². The lowest BCUT2D eigenvalue weighted by atomic mass is 10.0. The van der Waals surface area contributed by atoms with E-state index in [4.69, 9.17) is 17.2 Å². The maximum Gasteiger partial charge on any atom is 0.326 e. The monoisotopic (exact) mass is 830 g/mol. The molecule has 59 heavy (non-hydrogen) atoms. The zero-order valence-electron chi connectivity index (χ0n) is 32.9. The topological polar surface area (TPSA) is 389 Å². The molecule has 324 valence electrons. The Hall–Kier alpha value is -6.78. The van der Waals surface area contributed by atoms with Gasteiger partial charge in [0.25, 0.3) is 0 Å². The van der Waals surface area contributed by atoms with E-state index in [0.29, 0.717) is 11.3 Å². The molecule has 0 aliphatic rings. The number of benzene rings is 1. The van der Waals surface area contributed by atoms with Crippen LogP contribution in [0.2, 0.25) is 0 Å². The second-order valence-electron chi connectivity index (χ2n) is 13.8. The minimum atomic E-state index is -1.56. The molecular weight excluding hydrogens is 776 g/mol. The molecule has 0 fully saturated rings. The molecular formula is C36H54N12O11. The number of aliphatic carboxylic acids is 2. The van der Waals surface area contributed by atoms with Crippen molar-refractivity contribution in [2.75, 3.05) is 13.1 Å². The number of nitrogens with zero attached hydrogens (tertiary/aromatic N) is 2. The van der Waals surface area contributed by atoms with Gasteiger partial charge in [-0.3, -0.25) is 38.6 Å². The van der Waals surface area contributed by atoms with E-state index < -0.39 is 109 Å². The molecule has 6 atom stereocenters. The van der Waals surface area contributed by atoms with Gasteiger partial charge in [-0.15, -0.1) is 0 Å². The first kappa shape index (κ1) is 48.4. The van der Waals surface area contributed by atoms with Crippen molar-refractivity contribution in [1.82, 2.24) is 41.9 Å². The van der Waals surface area contributed by atoms with Crippen LogP contribution in [0.3, 0.4) is 0 Å². The van der Waals surface area contributed by atoms with Crippen LogP contribution < -0.4 is 49.1 Å². The van der Waals surface area contributed by atoms with E-state index >= 15 is 0 Å². The number of carboxylic acid groups (broad SMARTS) is 2. The summed E-state index contributed by atoms with van der Waals surface area (Å²) in [5.74, 6) is -8.59. The molecule has 2 rings (SSSR count). The lowest BCUT2D eigenvalue weighted by Gasteiger charge is -2.27. The van der Waals surface area contributed by atoms with E-state index in [0.717, 1.165) is 0 Å².